The zero-order chi connectivity index (χ0) is 13.7. The van der Waals surface area contributed by atoms with Crippen molar-refractivity contribution in [3.63, 3.8) is 0 Å². The Bertz CT molecular complexity index is 408. The minimum Gasteiger partial charge on any atom is -0.326 e. The number of hydrogen-bond acceptors (Lipinski definition) is 2. The first-order chi connectivity index (χ1) is 9.08. The lowest BCUT2D eigenvalue weighted by atomic mass is 9.94. The zero-order valence-corrected chi connectivity index (χ0v) is 12.0. The third-order valence-corrected chi connectivity index (χ3v) is 3.86. The van der Waals surface area contributed by atoms with E-state index in [0.29, 0.717) is 6.42 Å². The van der Waals surface area contributed by atoms with Crippen molar-refractivity contribution in [1.29, 1.82) is 0 Å². The highest BCUT2D eigenvalue weighted by Crippen LogP contribution is 2.24. The number of amides is 1. The lowest BCUT2D eigenvalue weighted by Gasteiger charge is -2.40. The van der Waals surface area contributed by atoms with E-state index < -0.39 is 0 Å². The molecule has 1 heterocycles. The number of para-hydroxylation sites is 1. The third kappa shape index (κ3) is 4.06. The molecule has 0 radical (unpaired) electrons. The van der Waals surface area contributed by atoms with Gasteiger partial charge in [0.15, 0.2) is 0 Å². The SMILES string of the molecule is CC(C)(CC(=O)Nc1ccccc1)N1CCCCC1. The fourth-order valence-electron chi connectivity index (χ4n) is 2.73. The number of anilines is 1. The van der Waals surface area contributed by atoms with Crippen LogP contribution in [0.15, 0.2) is 30.3 Å². The van der Waals surface area contributed by atoms with E-state index in [2.05, 4.69) is 24.1 Å². The summed E-state index contributed by atoms with van der Waals surface area (Å²) in [5, 5.41) is 2.97. The molecule has 1 saturated heterocycles. The summed E-state index contributed by atoms with van der Waals surface area (Å²) in [4.78, 5) is 14.6. The summed E-state index contributed by atoms with van der Waals surface area (Å²) in [7, 11) is 0. The predicted molar refractivity (Wildman–Crippen MR) is 79.2 cm³/mol. The minimum absolute atomic E-state index is 0.0563. The van der Waals surface area contributed by atoms with E-state index in [1.165, 1.54) is 19.3 Å². The second-order valence-electron chi connectivity index (χ2n) is 5.95. The van der Waals surface area contributed by atoms with E-state index in [1.54, 1.807) is 0 Å². The van der Waals surface area contributed by atoms with Crippen LogP contribution in [0.3, 0.4) is 0 Å². The number of benzene rings is 1. The van der Waals surface area contributed by atoms with Crippen molar-refractivity contribution in [3.05, 3.63) is 30.3 Å². The molecule has 0 saturated carbocycles. The summed E-state index contributed by atoms with van der Waals surface area (Å²) in [6, 6.07) is 9.67. The van der Waals surface area contributed by atoms with Crippen LogP contribution in [0.25, 0.3) is 0 Å². The Hall–Kier alpha value is -1.35. The lowest BCUT2D eigenvalue weighted by Crippen LogP contribution is -2.48. The average Bonchev–Trinajstić information content (AvgIpc) is 2.40. The van der Waals surface area contributed by atoms with Gasteiger partial charge in [-0.2, -0.15) is 0 Å². The van der Waals surface area contributed by atoms with E-state index in [-0.39, 0.29) is 11.4 Å². The molecule has 2 rings (SSSR count). The van der Waals surface area contributed by atoms with E-state index in [4.69, 9.17) is 0 Å². The van der Waals surface area contributed by atoms with Crippen molar-refractivity contribution in [3.8, 4) is 0 Å². The molecule has 0 aromatic heterocycles. The van der Waals surface area contributed by atoms with Gasteiger partial charge < -0.3 is 5.32 Å². The van der Waals surface area contributed by atoms with Gasteiger partial charge in [-0.25, -0.2) is 0 Å². The summed E-state index contributed by atoms with van der Waals surface area (Å²) < 4.78 is 0. The Kier molecular flexibility index (Phi) is 4.59. The van der Waals surface area contributed by atoms with Crippen LogP contribution in [0.1, 0.15) is 39.5 Å². The molecule has 1 amide bonds. The van der Waals surface area contributed by atoms with Crippen LogP contribution in [-0.2, 0) is 4.79 Å². The van der Waals surface area contributed by atoms with E-state index in [1.807, 2.05) is 30.3 Å². The third-order valence-electron chi connectivity index (χ3n) is 3.86. The number of nitrogens with zero attached hydrogens (tertiary/aromatic N) is 1. The molecule has 0 spiro atoms. The number of carbonyl (C=O) groups is 1. The number of nitrogens with one attached hydrogen (secondary N) is 1. The zero-order valence-electron chi connectivity index (χ0n) is 12.0. The van der Waals surface area contributed by atoms with Crippen LogP contribution < -0.4 is 5.32 Å². The summed E-state index contributed by atoms with van der Waals surface area (Å²) in [5.41, 5.74) is 0.821. The van der Waals surface area contributed by atoms with Crippen molar-refractivity contribution in [2.45, 2.75) is 45.1 Å². The lowest BCUT2D eigenvalue weighted by molar-refractivity contribution is -0.118. The van der Waals surface area contributed by atoms with Gasteiger partial charge in [0.05, 0.1) is 0 Å². The van der Waals surface area contributed by atoms with Gasteiger partial charge in [0.1, 0.15) is 0 Å². The molecule has 1 aromatic carbocycles. The molecule has 1 aromatic rings. The molecular formula is C16H24N2O. The second kappa shape index (κ2) is 6.20. The molecule has 104 valence electrons. The maximum Gasteiger partial charge on any atom is 0.226 e. The molecule has 3 nitrogen and oxygen atoms in total. The minimum atomic E-state index is -0.0563. The molecule has 1 aliphatic rings. The van der Waals surface area contributed by atoms with Gasteiger partial charge in [0, 0.05) is 17.6 Å². The van der Waals surface area contributed by atoms with Gasteiger partial charge in [-0.05, 0) is 51.9 Å². The van der Waals surface area contributed by atoms with Crippen LogP contribution in [0.4, 0.5) is 5.69 Å². The van der Waals surface area contributed by atoms with E-state index >= 15 is 0 Å². The van der Waals surface area contributed by atoms with Crippen LogP contribution in [-0.4, -0.2) is 29.4 Å². The monoisotopic (exact) mass is 260 g/mol. The molecule has 0 aliphatic carbocycles. The molecule has 19 heavy (non-hydrogen) atoms. The first-order valence-corrected chi connectivity index (χ1v) is 7.18. The molecule has 1 fully saturated rings. The summed E-state index contributed by atoms with van der Waals surface area (Å²) >= 11 is 0. The number of rotatable bonds is 4. The van der Waals surface area contributed by atoms with Crippen molar-refractivity contribution < 1.29 is 4.79 Å². The maximum atomic E-state index is 12.1. The Morgan fingerprint density at radius 3 is 2.42 bits per heavy atom. The largest absolute Gasteiger partial charge is 0.326 e. The molecule has 0 unspecified atom stereocenters. The molecule has 0 atom stereocenters. The first kappa shape index (κ1) is 14.1. The van der Waals surface area contributed by atoms with Crippen LogP contribution in [0.5, 0.6) is 0 Å². The fourth-order valence-corrected chi connectivity index (χ4v) is 2.73. The highest BCUT2D eigenvalue weighted by Gasteiger charge is 2.30. The highest BCUT2D eigenvalue weighted by molar-refractivity contribution is 5.91. The van der Waals surface area contributed by atoms with Gasteiger partial charge in [-0.15, -0.1) is 0 Å². The maximum absolute atomic E-state index is 12.1. The smallest absolute Gasteiger partial charge is 0.226 e. The quantitative estimate of drug-likeness (QED) is 0.901. The number of piperidine rings is 1. The topological polar surface area (TPSA) is 32.3 Å². The average molecular weight is 260 g/mol. The van der Waals surface area contributed by atoms with Crippen molar-refractivity contribution >= 4 is 11.6 Å². The molecular weight excluding hydrogens is 236 g/mol. The molecule has 1 aliphatic heterocycles. The Balaban J connectivity index is 1.90. The van der Waals surface area contributed by atoms with E-state index in [0.717, 1.165) is 18.8 Å². The van der Waals surface area contributed by atoms with Gasteiger partial charge >= 0.3 is 0 Å². The summed E-state index contributed by atoms with van der Waals surface area (Å²) in [6.45, 7) is 6.57. The Labute approximate surface area is 116 Å². The highest BCUT2D eigenvalue weighted by atomic mass is 16.1. The number of carbonyl (C=O) groups excluding carboxylic acids is 1. The van der Waals surface area contributed by atoms with Gasteiger partial charge in [0.2, 0.25) is 5.91 Å². The molecule has 1 N–H and O–H groups in total. The Morgan fingerprint density at radius 1 is 1.16 bits per heavy atom. The predicted octanol–water partition coefficient (Wildman–Crippen LogP) is 3.28. The van der Waals surface area contributed by atoms with Crippen LogP contribution in [0.2, 0.25) is 0 Å². The van der Waals surface area contributed by atoms with Gasteiger partial charge in [0.25, 0.3) is 0 Å². The van der Waals surface area contributed by atoms with E-state index in [9.17, 15) is 4.79 Å². The van der Waals surface area contributed by atoms with Crippen LogP contribution >= 0.6 is 0 Å². The fraction of sp³-hybridized carbons (Fsp3) is 0.562. The second-order valence-corrected chi connectivity index (χ2v) is 5.95. The van der Waals surface area contributed by atoms with Crippen molar-refractivity contribution in [2.75, 3.05) is 18.4 Å². The summed E-state index contributed by atoms with van der Waals surface area (Å²) in [6.07, 6.45) is 4.37. The standard InChI is InChI=1S/C16H24N2O/c1-16(2,18-11-7-4-8-12-18)13-15(19)17-14-9-5-3-6-10-14/h3,5-6,9-10H,4,7-8,11-13H2,1-2H3,(H,17,19). The van der Waals surface area contributed by atoms with Crippen LogP contribution in [0, 0.1) is 0 Å². The normalized spacial score (nSPS) is 17.2. The van der Waals surface area contributed by atoms with Gasteiger partial charge in [-0.1, -0.05) is 24.6 Å². The molecule has 0 bridgehead atoms. The number of hydrogen-bond donors (Lipinski definition) is 1. The molecule has 3 heteroatoms. The van der Waals surface area contributed by atoms with Gasteiger partial charge in [-0.3, -0.25) is 9.69 Å². The summed E-state index contributed by atoms with van der Waals surface area (Å²) in [5.74, 6) is 0.0989. The Morgan fingerprint density at radius 2 is 1.79 bits per heavy atom. The van der Waals surface area contributed by atoms with Crippen molar-refractivity contribution in [2.24, 2.45) is 0 Å². The first-order valence-electron chi connectivity index (χ1n) is 7.18. The number of likely N-dealkylation sites (tertiary alicyclic amines) is 1. The van der Waals surface area contributed by atoms with Crippen molar-refractivity contribution in [1.82, 2.24) is 4.90 Å².